The summed E-state index contributed by atoms with van der Waals surface area (Å²) in [4.78, 5) is 43.0. The number of ketones is 1. The largest absolute Gasteiger partial charge is 0.441 e. The van der Waals surface area contributed by atoms with Gasteiger partial charge in [-0.25, -0.2) is 9.59 Å². The number of benzene rings is 2. The second-order valence-electron chi connectivity index (χ2n) is 8.34. The van der Waals surface area contributed by atoms with E-state index in [9.17, 15) is 14.4 Å². The Morgan fingerprint density at radius 2 is 1.91 bits per heavy atom. The summed E-state index contributed by atoms with van der Waals surface area (Å²) in [7, 11) is 0. The van der Waals surface area contributed by atoms with Crippen LogP contribution in [0.25, 0.3) is 11.1 Å². The van der Waals surface area contributed by atoms with E-state index in [1.165, 1.54) is 5.56 Å². The summed E-state index contributed by atoms with van der Waals surface area (Å²) in [5.41, 5.74) is 3.88. The van der Waals surface area contributed by atoms with E-state index in [2.05, 4.69) is 16.0 Å². The zero-order valence-corrected chi connectivity index (χ0v) is 17.7. The van der Waals surface area contributed by atoms with Gasteiger partial charge in [0.1, 0.15) is 6.10 Å². The van der Waals surface area contributed by atoms with Crippen LogP contribution in [0, 0.1) is 0 Å². The zero-order chi connectivity index (χ0) is 22.1. The molecule has 1 N–H and O–H groups in total. The molecule has 0 saturated carbocycles. The third-order valence-electron chi connectivity index (χ3n) is 6.35. The third-order valence-corrected chi connectivity index (χ3v) is 6.35. The first kappa shape index (κ1) is 20.5. The minimum Gasteiger partial charge on any atom is -0.441 e. The van der Waals surface area contributed by atoms with E-state index in [4.69, 9.17) is 9.15 Å². The molecule has 1 unspecified atom stereocenters. The van der Waals surface area contributed by atoms with Crippen LogP contribution >= 0.6 is 0 Å². The Balaban J connectivity index is 1.09. The Bertz CT molecular complexity index is 1210. The molecule has 2 aromatic carbocycles. The summed E-state index contributed by atoms with van der Waals surface area (Å²) in [5.74, 6) is -0.532. The van der Waals surface area contributed by atoms with Crippen molar-refractivity contribution in [2.24, 2.45) is 0 Å². The van der Waals surface area contributed by atoms with Crippen LogP contribution in [0.4, 0.5) is 4.79 Å². The average Bonchev–Trinajstić information content (AvgIpc) is 3.39. The first-order chi connectivity index (χ1) is 15.6. The summed E-state index contributed by atoms with van der Waals surface area (Å²) in [6.07, 6.45) is 1.73. The van der Waals surface area contributed by atoms with Crippen molar-refractivity contribution in [3.05, 3.63) is 69.7 Å². The molecule has 1 amide bonds. The van der Waals surface area contributed by atoms with Gasteiger partial charge in [0.25, 0.3) is 0 Å². The van der Waals surface area contributed by atoms with E-state index in [1.54, 1.807) is 23.1 Å². The molecule has 8 heteroatoms. The summed E-state index contributed by atoms with van der Waals surface area (Å²) in [6, 6.07) is 13.1. The number of amides is 1. The molecule has 2 heterocycles. The van der Waals surface area contributed by atoms with Crippen molar-refractivity contribution in [1.29, 1.82) is 0 Å². The number of carbonyl (C=O) groups is 2. The maximum Gasteiger partial charge on any atom is 0.417 e. The number of nitrogens with zero attached hydrogens (tertiary/aromatic N) is 2. The van der Waals surface area contributed by atoms with Crippen LogP contribution in [0.3, 0.4) is 0 Å². The highest BCUT2D eigenvalue weighted by Crippen LogP contribution is 2.34. The van der Waals surface area contributed by atoms with Gasteiger partial charge in [-0.05, 0) is 42.2 Å². The number of aromatic nitrogens is 1. The molecule has 8 nitrogen and oxygen atoms in total. The van der Waals surface area contributed by atoms with Gasteiger partial charge in [0, 0.05) is 44.7 Å². The first-order valence-electron chi connectivity index (χ1n) is 11.0. The summed E-state index contributed by atoms with van der Waals surface area (Å²) < 4.78 is 10.8. The maximum atomic E-state index is 12.6. The van der Waals surface area contributed by atoms with E-state index in [0.717, 1.165) is 18.4 Å². The number of rotatable bonds is 5. The van der Waals surface area contributed by atoms with E-state index >= 15 is 0 Å². The number of piperazine rings is 1. The standard InChI is InChI=1S/C24H25N3O5/c28-20(17-5-7-19-22(15-17)31-23(29)25-19)9-10-26-11-13-27(14-12-26)24(30)32-21-8-6-16-3-1-2-4-18(16)21/h1-5,7,15,21H,6,8-14H2,(H,25,29). The summed E-state index contributed by atoms with van der Waals surface area (Å²) >= 11 is 0. The molecule has 1 aromatic heterocycles. The lowest BCUT2D eigenvalue weighted by molar-refractivity contribution is 0.0456. The highest BCUT2D eigenvalue weighted by molar-refractivity contribution is 5.98. The summed E-state index contributed by atoms with van der Waals surface area (Å²) in [6.45, 7) is 3.20. The number of H-pyrrole nitrogens is 1. The lowest BCUT2D eigenvalue weighted by atomic mass is 10.1. The van der Waals surface area contributed by atoms with Gasteiger partial charge in [0.15, 0.2) is 11.4 Å². The molecule has 1 saturated heterocycles. The minimum atomic E-state index is -0.530. The number of oxazole rings is 1. The van der Waals surface area contributed by atoms with Crippen LogP contribution in [0.1, 0.15) is 40.4 Å². The molecule has 1 aliphatic heterocycles. The molecule has 1 aliphatic carbocycles. The molecular formula is C24H25N3O5. The Kier molecular flexibility index (Phi) is 5.53. The van der Waals surface area contributed by atoms with Crippen molar-refractivity contribution < 1.29 is 18.7 Å². The number of aromatic amines is 1. The molecule has 5 rings (SSSR count). The number of nitrogens with one attached hydrogen (secondary N) is 1. The number of fused-ring (bicyclic) bond motifs is 2. The zero-order valence-electron chi connectivity index (χ0n) is 17.7. The molecule has 32 heavy (non-hydrogen) atoms. The molecule has 2 aliphatic rings. The van der Waals surface area contributed by atoms with E-state index in [1.807, 2.05) is 18.2 Å². The van der Waals surface area contributed by atoms with Crippen molar-refractivity contribution >= 4 is 23.0 Å². The molecular weight excluding hydrogens is 410 g/mol. The Morgan fingerprint density at radius 1 is 1.09 bits per heavy atom. The van der Waals surface area contributed by atoms with Crippen LogP contribution in [-0.2, 0) is 11.2 Å². The van der Waals surface area contributed by atoms with Gasteiger partial charge in [-0.3, -0.25) is 14.7 Å². The van der Waals surface area contributed by atoms with E-state index in [-0.39, 0.29) is 18.0 Å². The predicted octanol–water partition coefficient (Wildman–Crippen LogP) is 3.14. The second-order valence-corrected chi connectivity index (χ2v) is 8.34. The van der Waals surface area contributed by atoms with Crippen molar-refractivity contribution in [3.63, 3.8) is 0 Å². The maximum absolute atomic E-state index is 12.6. The average molecular weight is 435 g/mol. The fourth-order valence-corrected chi connectivity index (χ4v) is 4.51. The van der Waals surface area contributed by atoms with Crippen LogP contribution in [0.5, 0.6) is 0 Å². The van der Waals surface area contributed by atoms with Crippen LogP contribution < -0.4 is 5.76 Å². The molecule has 0 radical (unpaired) electrons. The molecule has 1 fully saturated rings. The summed E-state index contributed by atoms with van der Waals surface area (Å²) in [5, 5.41) is 0. The van der Waals surface area contributed by atoms with Crippen molar-refractivity contribution in [2.75, 3.05) is 32.7 Å². The predicted molar refractivity (Wildman–Crippen MR) is 118 cm³/mol. The molecule has 0 spiro atoms. The SMILES string of the molecule is O=C(CCN1CCN(C(=O)OC2CCc3ccccc32)CC1)c1ccc2[nH]c(=O)oc2c1. The number of hydrogen-bond acceptors (Lipinski definition) is 6. The molecule has 166 valence electrons. The lowest BCUT2D eigenvalue weighted by Crippen LogP contribution is -2.49. The number of carbonyl (C=O) groups excluding carboxylic acids is 2. The molecule has 3 aromatic rings. The van der Waals surface area contributed by atoms with Gasteiger partial charge in [0.05, 0.1) is 5.52 Å². The first-order valence-corrected chi connectivity index (χ1v) is 11.0. The number of ether oxygens (including phenoxy) is 1. The van der Waals surface area contributed by atoms with Crippen molar-refractivity contribution in [2.45, 2.75) is 25.4 Å². The quantitative estimate of drug-likeness (QED) is 0.619. The van der Waals surface area contributed by atoms with Gasteiger partial charge in [-0.15, -0.1) is 0 Å². The Labute approximate surface area is 184 Å². The molecule has 1 atom stereocenters. The van der Waals surface area contributed by atoms with Gasteiger partial charge in [0.2, 0.25) is 0 Å². The molecule has 0 bridgehead atoms. The highest BCUT2D eigenvalue weighted by Gasteiger charge is 2.29. The fourth-order valence-electron chi connectivity index (χ4n) is 4.51. The second kappa shape index (κ2) is 8.63. The van der Waals surface area contributed by atoms with Crippen molar-refractivity contribution in [1.82, 2.24) is 14.8 Å². The smallest absolute Gasteiger partial charge is 0.417 e. The van der Waals surface area contributed by atoms with Crippen LogP contribution in [-0.4, -0.2) is 59.4 Å². The monoisotopic (exact) mass is 435 g/mol. The fraction of sp³-hybridized carbons (Fsp3) is 0.375. The lowest BCUT2D eigenvalue weighted by Gasteiger charge is -2.34. The van der Waals surface area contributed by atoms with Crippen LogP contribution in [0.2, 0.25) is 0 Å². The number of Topliss-reactive ketones (excluding diaryl/α,β-unsaturated/α-hetero) is 1. The van der Waals surface area contributed by atoms with Crippen molar-refractivity contribution in [3.8, 4) is 0 Å². The topological polar surface area (TPSA) is 95.9 Å². The van der Waals surface area contributed by atoms with Gasteiger partial charge in [-0.1, -0.05) is 24.3 Å². The highest BCUT2D eigenvalue weighted by atomic mass is 16.6. The Morgan fingerprint density at radius 3 is 2.75 bits per heavy atom. The van der Waals surface area contributed by atoms with Gasteiger partial charge < -0.3 is 14.1 Å². The van der Waals surface area contributed by atoms with E-state index < -0.39 is 5.76 Å². The minimum absolute atomic E-state index is 0.00233. The van der Waals surface area contributed by atoms with E-state index in [0.29, 0.717) is 55.8 Å². The normalized spacial score (nSPS) is 18.6. The van der Waals surface area contributed by atoms with Gasteiger partial charge in [-0.2, -0.15) is 0 Å². The Hall–Kier alpha value is -3.39. The van der Waals surface area contributed by atoms with Gasteiger partial charge >= 0.3 is 11.8 Å². The van der Waals surface area contributed by atoms with Crippen LogP contribution in [0.15, 0.2) is 51.7 Å². The number of aryl methyl sites for hydroxylation is 1. The third kappa shape index (κ3) is 4.18. The number of hydrogen-bond donors (Lipinski definition) is 1.